The summed E-state index contributed by atoms with van der Waals surface area (Å²) in [4.78, 5) is 44.8. The monoisotopic (exact) mass is 589 g/mol. The van der Waals surface area contributed by atoms with Gasteiger partial charge in [0.05, 0.1) is 30.4 Å². The largest absolute Gasteiger partial charge is 0.487 e. The second kappa shape index (κ2) is 14.3. The van der Waals surface area contributed by atoms with Crippen LogP contribution in [0.1, 0.15) is 37.0 Å². The summed E-state index contributed by atoms with van der Waals surface area (Å²) in [5.41, 5.74) is 1.52. The zero-order valence-corrected chi connectivity index (χ0v) is 25.7. The average molecular weight is 590 g/mol. The molecule has 10 heteroatoms. The Balaban J connectivity index is 1.54. The van der Waals surface area contributed by atoms with Crippen molar-refractivity contribution in [2.45, 2.75) is 38.8 Å². The van der Waals surface area contributed by atoms with Crippen molar-refractivity contribution in [2.75, 3.05) is 58.0 Å². The van der Waals surface area contributed by atoms with Gasteiger partial charge in [0, 0.05) is 37.0 Å². The highest BCUT2D eigenvalue weighted by molar-refractivity contribution is 6.02. The number of nitrogens with one attached hydrogen (secondary N) is 2. The van der Waals surface area contributed by atoms with Gasteiger partial charge in [-0.3, -0.25) is 9.59 Å². The first-order valence-electron chi connectivity index (χ1n) is 14.7. The van der Waals surface area contributed by atoms with E-state index in [1.807, 2.05) is 68.4 Å². The van der Waals surface area contributed by atoms with Gasteiger partial charge in [0.2, 0.25) is 5.91 Å². The number of amides is 4. The van der Waals surface area contributed by atoms with Crippen molar-refractivity contribution < 1.29 is 24.2 Å². The minimum atomic E-state index is -0.449. The number of hydrogen-bond acceptors (Lipinski definition) is 6. The number of carbonyl (C=O) groups is 3. The Hall–Kier alpha value is -4.15. The van der Waals surface area contributed by atoms with Crippen molar-refractivity contribution in [1.82, 2.24) is 14.7 Å². The summed E-state index contributed by atoms with van der Waals surface area (Å²) in [5, 5.41) is 17.8. The summed E-state index contributed by atoms with van der Waals surface area (Å²) >= 11 is 0. The van der Waals surface area contributed by atoms with Crippen LogP contribution in [0.25, 0.3) is 10.8 Å². The Bertz CT molecular complexity index is 1440. The van der Waals surface area contributed by atoms with Crippen molar-refractivity contribution in [3.05, 3.63) is 66.2 Å². The fourth-order valence-corrected chi connectivity index (χ4v) is 5.20. The minimum Gasteiger partial charge on any atom is -0.487 e. The molecule has 230 valence electrons. The molecule has 1 aliphatic rings. The summed E-state index contributed by atoms with van der Waals surface area (Å²) < 4.78 is 6.42. The van der Waals surface area contributed by atoms with Crippen LogP contribution in [0.2, 0.25) is 0 Å². The third-order valence-corrected chi connectivity index (χ3v) is 7.79. The van der Waals surface area contributed by atoms with Crippen molar-refractivity contribution in [3.63, 3.8) is 0 Å². The molecule has 0 bridgehead atoms. The first-order valence-corrected chi connectivity index (χ1v) is 14.7. The molecule has 0 unspecified atom stereocenters. The number of likely N-dealkylation sites (N-methyl/N-ethyl adjacent to an activating group) is 1. The molecule has 3 aromatic carbocycles. The molecule has 3 N–H and O–H groups in total. The van der Waals surface area contributed by atoms with Gasteiger partial charge in [0.15, 0.2) is 0 Å². The smallest absolute Gasteiger partial charge is 0.321 e. The molecule has 0 aromatic heterocycles. The number of rotatable bonds is 10. The standard InChI is InChI=1S/C33H43N5O5/c1-22-19-38(23(2)21-39)32(41)27-18-25(34-31(40)14-9-17-36(3)4)15-16-29(27)43-30(22)20-37(5)33(42)35-28-13-8-11-24-10-6-7-12-26(24)28/h6-8,10-13,15-16,18,22-23,30,39H,9,14,17,19-21H2,1-5H3,(H,34,40)(H,35,42)/t22-,23-,30+/m1/s1. The number of aliphatic hydroxyl groups is 1. The third kappa shape index (κ3) is 8.03. The summed E-state index contributed by atoms with van der Waals surface area (Å²) in [7, 11) is 5.63. The molecule has 0 saturated carbocycles. The topological polar surface area (TPSA) is 114 Å². The van der Waals surface area contributed by atoms with E-state index in [0.717, 1.165) is 29.4 Å². The van der Waals surface area contributed by atoms with Gasteiger partial charge in [-0.25, -0.2) is 4.79 Å². The van der Waals surface area contributed by atoms with Gasteiger partial charge in [0.1, 0.15) is 11.9 Å². The number of carbonyl (C=O) groups excluding carboxylic acids is 3. The fraction of sp³-hybridized carbons (Fsp3) is 0.424. The molecule has 1 heterocycles. The summed E-state index contributed by atoms with van der Waals surface area (Å²) in [6.45, 7) is 4.95. The molecular formula is C33H43N5O5. The molecule has 0 fully saturated rings. The highest BCUT2D eigenvalue weighted by atomic mass is 16.5. The zero-order valence-electron chi connectivity index (χ0n) is 25.7. The van der Waals surface area contributed by atoms with Gasteiger partial charge in [-0.1, -0.05) is 43.3 Å². The molecule has 0 spiro atoms. The highest BCUT2D eigenvalue weighted by Crippen LogP contribution is 2.31. The number of fused-ring (bicyclic) bond motifs is 2. The molecule has 4 rings (SSSR count). The summed E-state index contributed by atoms with van der Waals surface area (Å²) in [6.07, 6.45) is 0.629. The zero-order chi connectivity index (χ0) is 31.1. The van der Waals surface area contributed by atoms with Crippen LogP contribution in [-0.4, -0.2) is 97.2 Å². The molecule has 0 radical (unpaired) electrons. The third-order valence-electron chi connectivity index (χ3n) is 7.79. The van der Waals surface area contributed by atoms with Gasteiger partial charge in [-0.05, 0) is 63.6 Å². The molecule has 3 aromatic rings. The van der Waals surface area contributed by atoms with E-state index in [4.69, 9.17) is 4.74 Å². The lowest BCUT2D eigenvalue weighted by Crippen LogP contribution is -2.50. The lowest BCUT2D eigenvalue weighted by Gasteiger charge is -2.38. The van der Waals surface area contributed by atoms with Gasteiger partial charge in [-0.2, -0.15) is 0 Å². The fourth-order valence-electron chi connectivity index (χ4n) is 5.20. The van der Waals surface area contributed by atoms with Crippen LogP contribution in [0.5, 0.6) is 5.75 Å². The Kier molecular flexibility index (Phi) is 10.6. The summed E-state index contributed by atoms with van der Waals surface area (Å²) in [6, 6.07) is 18.0. The molecule has 43 heavy (non-hydrogen) atoms. The average Bonchev–Trinajstić information content (AvgIpc) is 2.98. The van der Waals surface area contributed by atoms with E-state index in [1.54, 1.807) is 42.0 Å². The predicted molar refractivity (Wildman–Crippen MR) is 170 cm³/mol. The Morgan fingerprint density at radius 2 is 1.81 bits per heavy atom. The number of hydrogen-bond donors (Lipinski definition) is 3. The number of nitrogens with zero attached hydrogens (tertiary/aromatic N) is 3. The number of benzene rings is 3. The molecule has 3 atom stereocenters. The van der Waals surface area contributed by atoms with Crippen molar-refractivity contribution in [2.24, 2.45) is 5.92 Å². The van der Waals surface area contributed by atoms with Crippen LogP contribution >= 0.6 is 0 Å². The van der Waals surface area contributed by atoms with Crippen LogP contribution in [0, 0.1) is 5.92 Å². The maximum Gasteiger partial charge on any atom is 0.321 e. The van der Waals surface area contributed by atoms with Crippen LogP contribution in [0.15, 0.2) is 60.7 Å². The van der Waals surface area contributed by atoms with Gasteiger partial charge >= 0.3 is 6.03 Å². The Morgan fingerprint density at radius 3 is 2.56 bits per heavy atom. The van der Waals surface area contributed by atoms with E-state index >= 15 is 0 Å². The lowest BCUT2D eigenvalue weighted by molar-refractivity contribution is -0.116. The second-order valence-electron chi connectivity index (χ2n) is 11.6. The van der Waals surface area contributed by atoms with Crippen molar-refractivity contribution >= 4 is 40.0 Å². The Labute approximate surface area is 253 Å². The van der Waals surface area contributed by atoms with Crippen LogP contribution < -0.4 is 15.4 Å². The Morgan fingerprint density at radius 1 is 1.07 bits per heavy atom. The van der Waals surface area contributed by atoms with E-state index in [1.165, 1.54) is 0 Å². The first-order chi connectivity index (χ1) is 20.6. The highest BCUT2D eigenvalue weighted by Gasteiger charge is 2.34. The normalized spacial score (nSPS) is 17.5. The van der Waals surface area contributed by atoms with Gasteiger partial charge < -0.3 is 35.2 Å². The maximum atomic E-state index is 13.7. The van der Waals surface area contributed by atoms with E-state index in [0.29, 0.717) is 30.0 Å². The van der Waals surface area contributed by atoms with Crippen molar-refractivity contribution in [3.8, 4) is 5.75 Å². The summed E-state index contributed by atoms with van der Waals surface area (Å²) in [5.74, 6) is -0.209. The number of ether oxygens (including phenoxy) is 1. The lowest BCUT2D eigenvalue weighted by atomic mass is 9.99. The maximum absolute atomic E-state index is 13.7. The number of anilines is 2. The second-order valence-corrected chi connectivity index (χ2v) is 11.6. The van der Waals surface area contributed by atoms with E-state index in [2.05, 4.69) is 10.6 Å². The molecule has 10 nitrogen and oxygen atoms in total. The molecular weight excluding hydrogens is 546 g/mol. The van der Waals surface area contributed by atoms with E-state index in [9.17, 15) is 19.5 Å². The van der Waals surface area contributed by atoms with E-state index in [-0.39, 0.29) is 36.9 Å². The number of urea groups is 1. The number of aliphatic hydroxyl groups excluding tert-OH is 1. The molecule has 1 aliphatic heterocycles. The minimum absolute atomic E-state index is 0.132. The van der Waals surface area contributed by atoms with Crippen LogP contribution in [0.4, 0.5) is 16.2 Å². The molecule has 4 amide bonds. The SMILES string of the molecule is C[C@@H]1CN([C@H](C)CO)C(=O)c2cc(NC(=O)CCCN(C)C)ccc2O[C@H]1CN(C)C(=O)Nc1cccc2ccccc12. The van der Waals surface area contributed by atoms with Gasteiger partial charge in [0.25, 0.3) is 5.91 Å². The van der Waals surface area contributed by atoms with Crippen molar-refractivity contribution in [1.29, 1.82) is 0 Å². The predicted octanol–water partition coefficient (Wildman–Crippen LogP) is 4.50. The van der Waals surface area contributed by atoms with Crippen LogP contribution in [0.3, 0.4) is 0 Å². The van der Waals surface area contributed by atoms with Gasteiger partial charge in [-0.15, -0.1) is 0 Å². The first kappa shape index (κ1) is 31.8. The van der Waals surface area contributed by atoms with E-state index < -0.39 is 12.1 Å². The molecule has 0 saturated heterocycles. The molecule has 0 aliphatic carbocycles. The quantitative estimate of drug-likeness (QED) is 0.321. The van der Waals surface area contributed by atoms with Crippen LogP contribution in [-0.2, 0) is 4.79 Å².